The van der Waals surface area contributed by atoms with E-state index in [-0.39, 0.29) is 35.6 Å². The summed E-state index contributed by atoms with van der Waals surface area (Å²) in [7, 11) is 0. The van der Waals surface area contributed by atoms with Gasteiger partial charge < -0.3 is 24.8 Å². The van der Waals surface area contributed by atoms with Crippen LogP contribution in [0.3, 0.4) is 0 Å². The fraction of sp³-hybridized carbons (Fsp3) is 0.429. The van der Waals surface area contributed by atoms with Gasteiger partial charge in [-0.15, -0.1) is 0 Å². The Kier molecular flexibility index (Phi) is 6.70. The Morgan fingerprint density at radius 2 is 0.968 bits per heavy atom. The molecule has 164 valence electrons. The van der Waals surface area contributed by atoms with Gasteiger partial charge >= 0.3 is 182 Å². The molecule has 3 heteroatoms. The molecule has 0 saturated carbocycles. The summed E-state index contributed by atoms with van der Waals surface area (Å²) < 4.78 is 4.55. The van der Waals surface area contributed by atoms with Gasteiger partial charge in [-0.3, -0.25) is 0 Å². The van der Waals surface area contributed by atoms with Crippen LogP contribution in [0.5, 0.6) is 0 Å². The van der Waals surface area contributed by atoms with Crippen LogP contribution in [0.2, 0.25) is 8.26 Å². The van der Waals surface area contributed by atoms with Gasteiger partial charge in [-0.1, -0.05) is 0 Å². The minimum absolute atomic E-state index is 0. The van der Waals surface area contributed by atoms with Crippen LogP contribution in [0.15, 0.2) is 59.7 Å². The second-order valence-electron chi connectivity index (χ2n) is 11.6. The Labute approximate surface area is 205 Å². The normalized spacial score (nSPS) is 22.0. The maximum atomic E-state index is 2.57. The fourth-order valence-electron chi connectivity index (χ4n) is 6.07. The van der Waals surface area contributed by atoms with E-state index in [1.165, 1.54) is 19.4 Å². The molecule has 0 N–H and O–H groups in total. The van der Waals surface area contributed by atoms with Crippen molar-refractivity contribution in [3.63, 3.8) is 0 Å². The molecule has 1 heterocycles. The molecule has 2 aromatic carbocycles. The van der Waals surface area contributed by atoms with Crippen LogP contribution in [0.25, 0.3) is 12.2 Å². The van der Waals surface area contributed by atoms with Crippen molar-refractivity contribution in [1.29, 1.82) is 0 Å². The average Bonchev–Trinajstić information content (AvgIpc) is 3.16. The SMILES string of the molecule is CC(C)(C)C1=Cc2ccccc2[CH]1[Zr+2]1([CH]2C(C(C)(C)C)=Cc3ccccc32)[CH2][CH2]1.[Cl-].[Cl-]. The minimum Gasteiger partial charge on any atom is -1.00 e. The zero-order valence-electron chi connectivity index (χ0n) is 19.6. The second-order valence-corrected chi connectivity index (χ2v) is 22.9. The molecule has 3 aliphatic rings. The molecule has 1 fully saturated rings. The summed E-state index contributed by atoms with van der Waals surface area (Å²) >= 11 is -2.54. The zero-order chi connectivity index (χ0) is 20.6. The van der Waals surface area contributed by atoms with Crippen LogP contribution in [0.4, 0.5) is 0 Å². The van der Waals surface area contributed by atoms with E-state index >= 15 is 0 Å². The molecule has 0 nitrogen and oxygen atoms in total. The maximum absolute atomic E-state index is 2.57. The third-order valence-corrected chi connectivity index (χ3v) is 20.3. The van der Waals surface area contributed by atoms with Gasteiger partial charge in [-0.05, 0) is 0 Å². The monoisotopic (exact) mass is 530 g/mol. The van der Waals surface area contributed by atoms with Crippen LogP contribution < -0.4 is 24.8 Å². The average molecular weight is 533 g/mol. The molecule has 1 saturated heterocycles. The quantitative estimate of drug-likeness (QED) is 0.557. The Morgan fingerprint density at radius 3 is 1.29 bits per heavy atom. The van der Waals surface area contributed by atoms with E-state index < -0.39 is 20.3 Å². The number of rotatable bonds is 2. The molecular weight excluding hydrogens is 498 g/mol. The van der Waals surface area contributed by atoms with E-state index in [0.29, 0.717) is 0 Å². The molecule has 0 amide bonds. The molecule has 2 unspecified atom stereocenters. The van der Waals surface area contributed by atoms with Gasteiger partial charge in [0, 0.05) is 0 Å². The van der Waals surface area contributed by atoms with E-state index in [4.69, 9.17) is 0 Å². The molecule has 0 aromatic heterocycles. The van der Waals surface area contributed by atoms with Crippen LogP contribution in [-0.4, -0.2) is 0 Å². The van der Waals surface area contributed by atoms with Gasteiger partial charge in [-0.2, -0.15) is 0 Å². The van der Waals surface area contributed by atoms with Crippen molar-refractivity contribution in [2.45, 2.75) is 57.1 Å². The van der Waals surface area contributed by atoms with E-state index in [9.17, 15) is 0 Å². The minimum atomic E-state index is -2.54. The van der Waals surface area contributed by atoms with Gasteiger partial charge in [0.1, 0.15) is 0 Å². The molecule has 2 aliphatic carbocycles. The van der Waals surface area contributed by atoms with Crippen molar-refractivity contribution < 1.29 is 45.1 Å². The maximum Gasteiger partial charge on any atom is -1.00 e. The van der Waals surface area contributed by atoms with Crippen LogP contribution in [-0.2, 0) is 20.3 Å². The Hall–Kier alpha value is -0.617. The molecular formula is C28H34Cl2Zr. The number of hydrogen-bond donors (Lipinski definition) is 0. The molecule has 1 aliphatic heterocycles. The van der Waals surface area contributed by atoms with Gasteiger partial charge in [0.25, 0.3) is 0 Å². The fourth-order valence-corrected chi connectivity index (χ4v) is 24.6. The summed E-state index contributed by atoms with van der Waals surface area (Å²) in [5, 5.41) is 0. The van der Waals surface area contributed by atoms with Crippen molar-refractivity contribution in [1.82, 2.24) is 0 Å². The van der Waals surface area contributed by atoms with E-state index in [1.54, 1.807) is 22.3 Å². The number of hydrogen-bond acceptors (Lipinski definition) is 0. The van der Waals surface area contributed by atoms with E-state index in [1.807, 2.05) is 0 Å². The number of fused-ring (bicyclic) bond motifs is 2. The van der Waals surface area contributed by atoms with Crippen LogP contribution >= 0.6 is 0 Å². The first-order chi connectivity index (χ1) is 13.6. The molecule has 2 atom stereocenters. The standard InChI is InChI=1S/2C13H15.C2H4.2ClH.Zr/c2*1-13(2,3)12-8-10-6-4-5-7-11(10)9-12;1-2;;;/h2*4-9H,1-3H3;1-2H2;2*1H;/q;;;;;+2/p-2. The molecule has 5 rings (SSSR count). The number of benzene rings is 2. The summed E-state index contributed by atoms with van der Waals surface area (Å²) in [5.74, 6) is 0. The first-order valence-corrected chi connectivity index (χ1v) is 17.6. The number of halogens is 2. The summed E-state index contributed by atoms with van der Waals surface area (Å²) in [6.45, 7) is 14.6. The topological polar surface area (TPSA) is 0 Å². The predicted octanol–water partition coefficient (Wildman–Crippen LogP) is 2.37. The Bertz CT molecular complexity index is 964. The Morgan fingerprint density at radius 1 is 0.613 bits per heavy atom. The van der Waals surface area contributed by atoms with Crippen molar-refractivity contribution >= 4 is 12.2 Å². The zero-order valence-corrected chi connectivity index (χ0v) is 23.6. The second kappa shape index (κ2) is 8.31. The summed E-state index contributed by atoms with van der Waals surface area (Å²) in [6, 6.07) is 18.6. The van der Waals surface area contributed by atoms with Crippen LogP contribution in [0, 0.1) is 10.8 Å². The van der Waals surface area contributed by atoms with Gasteiger partial charge in [0.05, 0.1) is 0 Å². The van der Waals surface area contributed by atoms with Gasteiger partial charge in [0.2, 0.25) is 0 Å². The molecule has 0 bridgehead atoms. The van der Waals surface area contributed by atoms with Crippen LogP contribution in [0.1, 0.15) is 71.0 Å². The first-order valence-electron chi connectivity index (χ1n) is 11.2. The van der Waals surface area contributed by atoms with Gasteiger partial charge in [0.15, 0.2) is 0 Å². The molecule has 0 spiro atoms. The summed E-state index contributed by atoms with van der Waals surface area (Å²) in [5.41, 5.74) is 10.2. The largest absolute Gasteiger partial charge is 1.00 e. The molecule has 31 heavy (non-hydrogen) atoms. The van der Waals surface area contributed by atoms with E-state index in [2.05, 4.69) is 102 Å². The van der Waals surface area contributed by atoms with Crippen molar-refractivity contribution in [2.75, 3.05) is 0 Å². The third kappa shape index (κ3) is 3.98. The van der Waals surface area contributed by atoms with Crippen molar-refractivity contribution in [2.24, 2.45) is 10.8 Å². The van der Waals surface area contributed by atoms with E-state index in [0.717, 1.165) is 7.25 Å². The molecule has 2 aromatic rings. The first kappa shape index (κ1) is 25.0. The van der Waals surface area contributed by atoms with Crippen molar-refractivity contribution in [3.8, 4) is 0 Å². The molecule has 0 radical (unpaired) electrons. The Balaban J connectivity index is 0.00000136. The van der Waals surface area contributed by atoms with Crippen molar-refractivity contribution in [3.05, 3.63) is 81.9 Å². The number of allylic oxidation sites excluding steroid dienone is 2. The predicted molar refractivity (Wildman–Crippen MR) is 123 cm³/mol. The van der Waals surface area contributed by atoms with Gasteiger partial charge in [-0.25, -0.2) is 0 Å². The smallest absolute Gasteiger partial charge is 1.00 e. The summed E-state index contributed by atoms with van der Waals surface area (Å²) in [6.07, 6.45) is 5.14. The third-order valence-electron chi connectivity index (χ3n) is 7.57. The summed E-state index contributed by atoms with van der Waals surface area (Å²) in [4.78, 5) is 0.